The van der Waals surface area contributed by atoms with Gasteiger partial charge in [0, 0.05) is 44.2 Å². The van der Waals surface area contributed by atoms with Crippen LogP contribution in [-0.4, -0.2) is 71.2 Å². The molecule has 3 heterocycles. The van der Waals surface area contributed by atoms with Crippen molar-refractivity contribution in [2.45, 2.75) is 12.6 Å². The van der Waals surface area contributed by atoms with Gasteiger partial charge in [0.05, 0.1) is 12.6 Å². The molecule has 1 aromatic heterocycles. The molecule has 0 aromatic carbocycles. The molecule has 0 saturated carbocycles. The van der Waals surface area contributed by atoms with Gasteiger partial charge in [-0.3, -0.25) is 9.80 Å². The quantitative estimate of drug-likeness (QED) is 0.850. The van der Waals surface area contributed by atoms with Crippen molar-refractivity contribution >= 4 is 11.8 Å². The molecule has 7 heteroatoms. The van der Waals surface area contributed by atoms with E-state index >= 15 is 0 Å². The van der Waals surface area contributed by atoms with Gasteiger partial charge in [-0.2, -0.15) is 16.7 Å². The molecule has 2 fully saturated rings. The summed E-state index contributed by atoms with van der Waals surface area (Å²) in [7, 11) is 2.14. The van der Waals surface area contributed by atoms with Crippen molar-refractivity contribution in [3.63, 3.8) is 0 Å². The van der Waals surface area contributed by atoms with Gasteiger partial charge in [0.15, 0.2) is 5.82 Å². The van der Waals surface area contributed by atoms with E-state index in [2.05, 4.69) is 32.3 Å². The predicted octanol–water partition coefficient (Wildman–Crippen LogP) is 0.195. The van der Waals surface area contributed by atoms with Crippen LogP contribution in [-0.2, 0) is 6.54 Å². The van der Waals surface area contributed by atoms with E-state index in [1.165, 1.54) is 5.75 Å². The summed E-state index contributed by atoms with van der Waals surface area (Å²) >= 11 is 1.96. The summed E-state index contributed by atoms with van der Waals surface area (Å²) in [6, 6.07) is 0.305. The first-order valence-electron chi connectivity index (χ1n) is 6.86. The highest BCUT2D eigenvalue weighted by molar-refractivity contribution is 7.99. The van der Waals surface area contributed by atoms with Crippen LogP contribution in [0, 0.1) is 0 Å². The normalized spacial score (nSPS) is 26.7. The number of aromatic nitrogens is 2. The Morgan fingerprint density at radius 3 is 3.00 bits per heavy atom. The third-order valence-electron chi connectivity index (χ3n) is 3.75. The molecule has 19 heavy (non-hydrogen) atoms. The first-order valence-corrected chi connectivity index (χ1v) is 8.02. The SMILES string of the molecule is CN1CCSCC1c1noc(CN2CCNCC2)n1. The van der Waals surface area contributed by atoms with E-state index in [0.717, 1.165) is 56.7 Å². The molecule has 1 aromatic rings. The number of rotatable bonds is 3. The molecule has 106 valence electrons. The van der Waals surface area contributed by atoms with Crippen molar-refractivity contribution < 1.29 is 4.52 Å². The Hall–Kier alpha value is -0.630. The minimum atomic E-state index is 0.305. The number of nitrogens with zero attached hydrogens (tertiary/aromatic N) is 4. The van der Waals surface area contributed by atoms with E-state index in [1.54, 1.807) is 0 Å². The van der Waals surface area contributed by atoms with E-state index in [-0.39, 0.29) is 0 Å². The Labute approximate surface area is 117 Å². The Kier molecular flexibility index (Phi) is 4.37. The zero-order chi connectivity index (χ0) is 13.1. The lowest BCUT2D eigenvalue weighted by Gasteiger charge is -2.29. The summed E-state index contributed by atoms with van der Waals surface area (Å²) in [5.74, 6) is 3.85. The zero-order valence-corrected chi connectivity index (χ0v) is 12.2. The molecule has 1 N–H and O–H groups in total. The summed E-state index contributed by atoms with van der Waals surface area (Å²) in [6.45, 7) is 6.06. The second-order valence-corrected chi connectivity index (χ2v) is 6.29. The van der Waals surface area contributed by atoms with Crippen molar-refractivity contribution in [3.8, 4) is 0 Å². The van der Waals surface area contributed by atoms with Crippen LogP contribution in [0.5, 0.6) is 0 Å². The fourth-order valence-corrected chi connectivity index (χ4v) is 3.70. The van der Waals surface area contributed by atoms with Gasteiger partial charge in [-0.15, -0.1) is 0 Å². The second kappa shape index (κ2) is 6.21. The minimum Gasteiger partial charge on any atom is -0.338 e. The molecule has 0 bridgehead atoms. The molecule has 1 unspecified atom stereocenters. The number of piperazine rings is 1. The minimum absolute atomic E-state index is 0.305. The Morgan fingerprint density at radius 2 is 2.21 bits per heavy atom. The van der Waals surface area contributed by atoms with Crippen LogP contribution in [0.3, 0.4) is 0 Å². The Morgan fingerprint density at radius 1 is 1.37 bits per heavy atom. The van der Waals surface area contributed by atoms with Gasteiger partial charge >= 0.3 is 0 Å². The highest BCUT2D eigenvalue weighted by Crippen LogP contribution is 2.26. The first kappa shape index (κ1) is 13.4. The molecule has 0 amide bonds. The topological polar surface area (TPSA) is 57.4 Å². The average molecular weight is 283 g/mol. The van der Waals surface area contributed by atoms with Gasteiger partial charge in [-0.05, 0) is 7.05 Å². The third kappa shape index (κ3) is 3.28. The maximum Gasteiger partial charge on any atom is 0.240 e. The molecule has 1 atom stereocenters. The summed E-state index contributed by atoms with van der Waals surface area (Å²) < 4.78 is 5.41. The molecular weight excluding hydrogens is 262 g/mol. The van der Waals surface area contributed by atoms with Gasteiger partial charge in [0.2, 0.25) is 5.89 Å². The van der Waals surface area contributed by atoms with Gasteiger partial charge in [0.25, 0.3) is 0 Å². The largest absolute Gasteiger partial charge is 0.338 e. The molecule has 2 aliphatic rings. The Balaban J connectivity index is 1.61. The number of nitrogens with one attached hydrogen (secondary N) is 1. The lowest BCUT2D eigenvalue weighted by Crippen LogP contribution is -2.42. The monoisotopic (exact) mass is 283 g/mol. The molecule has 2 aliphatic heterocycles. The maximum absolute atomic E-state index is 5.41. The number of hydrogen-bond acceptors (Lipinski definition) is 7. The van der Waals surface area contributed by atoms with Crippen molar-refractivity contribution in [1.82, 2.24) is 25.3 Å². The highest BCUT2D eigenvalue weighted by Gasteiger charge is 2.26. The van der Waals surface area contributed by atoms with E-state index < -0.39 is 0 Å². The molecule has 0 spiro atoms. The summed E-state index contributed by atoms with van der Waals surface area (Å²) in [5.41, 5.74) is 0. The smallest absolute Gasteiger partial charge is 0.240 e. The van der Waals surface area contributed by atoms with Crippen LogP contribution in [0.1, 0.15) is 17.8 Å². The van der Waals surface area contributed by atoms with Crippen LogP contribution in [0.2, 0.25) is 0 Å². The number of thioether (sulfide) groups is 1. The lowest BCUT2D eigenvalue weighted by atomic mass is 10.3. The van der Waals surface area contributed by atoms with E-state index in [1.807, 2.05) is 11.8 Å². The van der Waals surface area contributed by atoms with Gasteiger partial charge < -0.3 is 9.84 Å². The molecule has 0 aliphatic carbocycles. The van der Waals surface area contributed by atoms with Crippen molar-refractivity contribution in [3.05, 3.63) is 11.7 Å². The second-order valence-electron chi connectivity index (χ2n) is 5.14. The van der Waals surface area contributed by atoms with Crippen LogP contribution < -0.4 is 5.32 Å². The highest BCUT2D eigenvalue weighted by atomic mass is 32.2. The number of hydrogen-bond donors (Lipinski definition) is 1. The lowest BCUT2D eigenvalue weighted by molar-refractivity contribution is 0.202. The first-order chi connectivity index (χ1) is 9.33. The zero-order valence-electron chi connectivity index (χ0n) is 11.3. The molecule has 6 nitrogen and oxygen atoms in total. The molecule has 3 rings (SSSR count). The van der Waals surface area contributed by atoms with E-state index in [9.17, 15) is 0 Å². The van der Waals surface area contributed by atoms with Gasteiger partial charge in [0.1, 0.15) is 0 Å². The van der Waals surface area contributed by atoms with Crippen LogP contribution in [0.15, 0.2) is 4.52 Å². The van der Waals surface area contributed by atoms with Crippen molar-refractivity contribution in [2.75, 3.05) is 51.3 Å². The summed E-state index contributed by atoms with van der Waals surface area (Å²) in [4.78, 5) is 9.25. The Bertz CT molecular complexity index is 407. The fraction of sp³-hybridized carbons (Fsp3) is 0.833. The summed E-state index contributed by atoms with van der Waals surface area (Å²) in [6.07, 6.45) is 0. The fourth-order valence-electron chi connectivity index (χ4n) is 2.49. The average Bonchev–Trinajstić information content (AvgIpc) is 2.89. The summed E-state index contributed by atoms with van der Waals surface area (Å²) in [5, 5.41) is 7.52. The van der Waals surface area contributed by atoms with E-state index in [4.69, 9.17) is 4.52 Å². The van der Waals surface area contributed by atoms with Crippen molar-refractivity contribution in [2.24, 2.45) is 0 Å². The van der Waals surface area contributed by atoms with Crippen molar-refractivity contribution in [1.29, 1.82) is 0 Å². The predicted molar refractivity (Wildman–Crippen MR) is 75.1 cm³/mol. The molecule has 2 saturated heterocycles. The molecular formula is C12H21N5OS. The van der Waals surface area contributed by atoms with Gasteiger partial charge in [-0.25, -0.2) is 0 Å². The van der Waals surface area contributed by atoms with E-state index in [0.29, 0.717) is 6.04 Å². The van der Waals surface area contributed by atoms with Crippen LogP contribution >= 0.6 is 11.8 Å². The van der Waals surface area contributed by atoms with Crippen LogP contribution in [0.25, 0.3) is 0 Å². The molecule has 0 radical (unpaired) electrons. The van der Waals surface area contributed by atoms with Gasteiger partial charge in [-0.1, -0.05) is 5.16 Å². The van der Waals surface area contributed by atoms with Crippen LogP contribution in [0.4, 0.5) is 0 Å². The third-order valence-corrected chi connectivity index (χ3v) is 4.77. The standard InChI is InChI=1S/C12H21N5OS/c1-16-6-7-19-9-10(16)12-14-11(18-15-12)8-17-4-2-13-3-5-17/h10,13H,2-9H2,1H3. The maximum atomic E-state index is 5.41.